The molecule has 3 aromatic rings. The molecule has 0 radical (unpaired) electrons. The first-order valence-corrected chi connectivity index (χ1v) is 10.3. The number of anilines is 1. The van der Waals surface area contributed by atoms with Gasteiger partial charge in [0.25, 0.3) is 17.5 Å². The van der Waals surface area contributed by atoms with Crippen molar-refractivity contribution in [2.24, 2.45) is 0 Å². The van der Waals surface area contributed by atoms with Crippen molar-refractivity contribution in [3.05, 3.63) is 52.6 Å². The Bertz CT molecular complexity index is 1270. The second-order valence-electron chi connectivity index (χ2n) is 7.63. The summed E-state index contributed by atoms with van der Waals surface area (Å²) in [4.78, 5) is 43.9. The summed E-state index contributed by atoms with van der Waals surface area (Å²) in [5, 5.41) is 6.03. The van der Waals surface area contributed by atoms with Gasteiger partial charge in [-0.05, 0) is 51.8 Å². The number of aromatic nitrogens is 4. The summed E-state index contributed by atoms with van der Waals surface area (Å²) in [6.07, 6.45) is -5.88. The Morgan fingerprint density at radius 3 is 2.47 bits per heavy atom. The van der Waals surface area contributed by atoms with E-state index in [-0.39, 0.29) is 24.4 Å². The molecule has 180 valence electrons. The third-order valence-corrected chi connectivity index (χ3v) is 5.12. The van der Waals surface area contributed by atoms with Crippen LogP contribution in [0.2, 0.25) is 0 Å². The Hall–Kier alpha value is -3.83. The van der Waals surface area contributed by atoms with Gasteiger partial charge >= 0.3 is 12.1 Å². The number of para-hydroxylation sites is 1. The van der Waals surface area contributed by atoms with Crippen LogP contribution in [0.3, 0.4) is 0 Å². The number of ether oxygens (including phenoxy) is 1. The van der Waals surface area contributed by atoms with Crippen LogP contribution in [-0.2, 0) is 26.9 Å². The number of aryl methyl sites for hydroxylation is 2. The number of alkyl halides is 3. The number of esters is 1. The van der Waals surface area contributed by atoms with Crippen LogP contribution in [-0.4, -0.2) is 43.3 Å². The van der Waals surface area contributed by atoms with Crippen LogP contribution in [0.25, 0.3) is 5.78 Å². The third kappa shape index (κ3) is 5.38. The van der Waals surface area contributed by atoms with Gasteiger partial charge in [-0.1, -0.05) is 12.1 Å². The Labute approximate surface area is 192 Å². The van der Waals surface area contributed by atoms with Crippen LogP contribution in [0.4, 0.5) is 18.9 Å². The van der Waals surface area contributed by atoms with Crippen molar-refractivity contribution in [2.45, 2.75) is 52.8 Å². The number of nitrogens with zero attached hydrogens (tertiary/aromatic N) is 4. The van der Waals surface area contributed by atoms with Crippen LogP contribution in [0.1, 0.15) is 53.4 Å². The van der Waals surface area contributed by atoms with E-state index in [9.17, 15) is 27.6 Å². The van der Waals surface area contributed by atoms with Gasteiger partial charge in [0.15, 0.2) is 11.9 Å². The molecule has 1 atom stereocenters. The Balaban J connectivity index is 1.65. The highest BCUT2D eigenvalue weighted by Crippen LogP contribution is 2.27. The third-order valence-electron chi connectivity index (χ3n) is 5.12. The molecule has 0 aliphatic carbocycles. The number of fused-ring (bicyclic) bond motifs is 1. The van der Waals surface area contributed by atoms with Crippen molar-refractivity contribution < 1.29 is 32.3 Å². The van der Waals surface area contributed by atoms with Crippen molar-refractivity contribution in [1.29, 1.82) is 0 Å². The van der Waals surface area contributed by atoms with Gasteiger partial charge in [-0.3, -0.25) is 14.4 Å². The molecule has 12 heteroatoms. The molecule has 0 spiro atoms. The number of nitrogens with one attached hydrogen (secondary N) is 1. The molecule has 1 amide bonds. The number of halogens is 3. The number of Topliss-reactive ketones (excluding diaryl/α,β-unsaturated/α-hetero) is 1. The molecule has 9 nitrogen and oxygen atoms in total. The highest BCUT2D eigenvalue weighted by molar-refractivity contribution is 6.04. The van der Waals surface area contributed by atoms with Crippen molar-refractivity contribution in [3.63, 3.8) is 0 Å². The first-order chi connectivity index (χ1) is 15.9. The van der Waals surface area contributed by atoms with E-state index in [0.29, 0.717) is 28.2 Å². The molecule has 3 rings (SSSR count). The summed E-state index contributed by atoms with van der Waals surface area (Å²) in [5.74, 6) is -3.02. The fourth-order valence-electron chi connectivity index (χ4n) is 3.36. The highest BCUT2D eigenvalue weighted by Gasteiger charge is 2.37. The maximum atomic E-state index is 12.9. The van der Waals surface area contributed by atoms with E-state index in [1.54, 1.807) is 38.1 Å². The molecular weight excluding hydrogens is 455 g/mol. The number of carbonyl (C=O) groups is 3. The lowest BCUT2D eigenvalue weighted by Gasteiger charge is -2.15. The van der Waals surface area contributed by atoms with E-state index < -0.39 is 30.0 Å². The van der Waals surface area contributed by atoms with Gasteiger partial charge in [0.05, 0.1) is 5.69 Å². The Morgan fingerprint density at radius 1 is 1.15 bits per heavy atom. The fourth-order valence-corrected chi connectivity index (χ4v) is 3.36. The molecule has 1 N–H and O–H groups in total. The molecule has 0 fully saturated rings. The van der Waals surface area contributed by atoms with Gasteiger partial charge in [-0.15, -0.1) is 5.10 Å². The Kier molecular flexibility index (Phi) is 6.99. The molecule has 2 heterocycles. The predicted octanol–water partition coefficient (Wildman–Crippen LogP) is 3.47. The summed E-state index contributed by atoms with van der Waals surface area (Å²) >= 11 is 0. The predicted molar refractivity (Wildman–Crippen MR) is 114 cm³/mol. The minimum Gasteiger partial charge on any atom is -0.453 e. The molecule has 0 aliphatic rings. The average Bonchev–Trinajstić information content (AvgIpc) is 3.18. The quantitative estimate of drug-likeness (QED) is 0.409. The number of benzene rings is 1. The van der Waals surface area contributed by atoms with Crippen molar-refractivity contribution in [3.8, 4) is 0 Å². The van der Waals surface area contributed by atoms with Crippen LogP contribution in [0.15, 0.2) is 24.3 Å². The minimum atomic E-state index is -4.71. The molecular formula is C22H22F3N5O4. The lowest BCUT2D eigenvalue weighted by atomic mass is 10.1. The zero-order chi connectivity index (χ0) is 25.2. The van der Waals surface area contributed by atoms with Crippen LogP contribution in [0, 0.1) is 13.8 Å². The maximum Gasteiger partial charge on any atom is 0.453 e. The van der Waals surface area contributed by atoms with Crippen molar-refractivity contribution in [1.82, 2.24) is 19.6 Å². The van der Waals surface area contributed by atoms with Gasteiger partial charge in [0.2, 0.25) is 0 Å². The molecule has 34 heavy (non-hydrogen) atoms. The summed E-state index contributed by atoms with van der Waals surface area (Å²) < 4.78 is 44.9. The van der Waals surface area contributed by atoms with E-state index in [4.69, 9.17) is 4.74 Å². The zero-order valence-corrected chi connectivity index (χ0v) is 18.9. The number of ketones is 1. The molecule has 0 saturated carbocycles. The zero-order valence-electron chi connectivity index (χ0n) is 18.9. The largest absolute Gasteiger partial charge is 0.453 e. The number of hydrogen-bond acceptors (Lipinski definition) is 7. The van der Waals surface area contributed by atoms with Crippen LogP contribution in [0.5, 0.6) is 0 Å². The SMILES string of the molecule is CC(=O)c1ccccc1NC(=O)C(C)OC(=O)CCc1c(C)nc2nc(C(F)(F)F)nn2c1C. The van der Waals surface area contributed by atoms with Gasteiger partial charge in [-0.2, -0.15) is 18.2 Å². The summed E-state index contributed by atoms with van der Waals surface area (Å²) in [6, 6.07) is 6.44. The fraction of sp³-hybridized carbons (Fsp3) is 0.364. The summed E-state index contributed by atoms with van der Waals surface area (Å²) in [5.41, 5.74) is 1.93. The highest BCUT2D eigenvalue weighted by atomic mass is 19.4. The number of amides is 1. The first-order valence-electron chi connectivity index (χ1n) is 10.3. The van der Waals surface area contributed by atoms with Crippen molar-refractivity contribution >= 4 is 29.1 Å². The van der Waals surface area contributed by atoms with E-state index in [2.05, 4.69) is 20.4 Å². The average molecular weight is 477 g/mol. The standard InChI is InChI=1S/C22H22F3N5O4/c1-11-15(12(2)30-21(26-11)28-20(29-30)22(23,24)25)9-10-18(32)34-14(4)19(33)27-17-8-6-5-7-16(17)13(3)31/h5-8,14H,9-10H2,1-4H3,(H,27,33). The number of rotatable bonds is 7. The second-order valence-corrected chi connectivity index (χ2v) is 7.63. The molecule has 1 unspecified atom stereocenters. The second kappa shape index (κ2) is 9.57. The molecule has 0 aliphatic heterocycles. The number of hydrogen-bond donors (Lipinski definition) is 1. The van der Waals surface area contributed by atoms with E-state index >= 15 is 0 Å². The monoisotopic (exact) mass is 477 g/mol. The van der Waals surface area contributed by atoms with Gasteiger partial charge < -0.3 is 10.1 Å². The lowest BCUT2D eigenvalue weighted by Crippen LogP contribution is -2.30. The smallest absolute Gasteiger partial charge is 0.453 e. The van der Waals surface area contributed by atoms with E-state index in [0.717, 1.165) is 4.52 Å². The number of carbonyl (C=O) groups excluding carboxylic acids is 3. The van der Waals surface area contributed by atoms with E-state index in [1.165, 1.54) is 13.8 Å². The minimum absolute atomic E-state index is 0.113. The van der Waals surface area contributed by atoms with Gasteiger partial charge in [-0.25, -0.2) is 9.50 Å². The Morgan fingerprint density at radius 2 is 1.82 bits per heavy atom. The summed E-state index contributed by atoms with van der Waals surface area (Å²) in [6.45, 7) is 5.91. The maximum absolute atomic E-state index is 12.9. The topological polar surface area (TPSA) is 116 Å². The molecule has 2 aromatic heterocycles. The van der Waals surface area contributed by atoms with E-state index in [1.807, 2.05) is 0 Å². The van der Waals surface area contributed by atoms with Gasteiger partial charge in [0, 0.05) is 23.4 Å². The lowest BCUT2D eigenvalue weighted by molar-refractivity contribution is -0.153. The molecule has 0 saturated heterocycles. The van der Waals surface area contributed by atoms with Gasteiger partial charge in [0.1, 0.15) is 0 Å². The normalized spacial score (nSPS) is 12.4. The van der Waals surface area contributed by atoms with Crippen LogP contribution < -0.4 is 5.32 Å². The van der Waals surface area contributed by atoms with Crippen LogP contribution >= 0.6 is 0 Å². The summed E-state index contributed by atoms with van der Waals surface area (Å²) in [7, 11) is 0. The first kappa shape index (κ1) is 24.8. The molecule has 0 bridgehead atoms. The van der Waals surface area contributed by atoms with Crippen molar-refractivity contribution in [2.75, 3.05) is 5.32 Å². The molecule has 1 aromatic carbocycles.